The number of alkyl halides is 3. The zero-order chi connectivity index (χ0) is 39.8. The first-order valence-electron chi connectivity index (χ1n) is 14.8. The summed E-state index contributed by atoms with van der Waals surface area (Å²) in [6.45, 7) is 5.20. The van der Waals surface area contributed by atoms with Crippen LogP contribution in [0.25, 0.3) is 5.69 Å². The first-order chi connectivity index (χ1) is 24.7. The topological polar surface area (TPSA) is 243 Å². The molecule has 2 amide bonds. The molecule has 0 saturated heterocycles. The second kappa shape index (κ2) is 17.0. The SMILES string of the molecule is CC(C)OC(=O)c1cc(-n2c(=O)cc(C(F)(F)F)n(C)c2=O)ccc1Cl.CCOc1nc(NC)nc(NC(=O)NS(=O)(=O)c2ccccc2C(=O)O)n1. The number of hydrogen-bond acceptors (Lipinski definition) is 13. The number of anilines is 2. The van der Waals surface area contributed by atoms with E-state index in [0.717, 1.165) is 25.2 Å². The maximum Gasteiger partial charge on any atom is 0.431 e. The number of aromatic nitrogens is 5. The third kappa shape index (κ3) is 10.5. The van der Waals surface area contributed by atoms with Crippen molar-refractivity contribution in [1.82, 2.24) is 28.8 Å². The second-order valence-corrected chi connectivity index (χ2v) is 12.5. The number of hydrogen-bond donors (Lipinski definition) is 4. The van der Waals surface area contributed by atoms with Crippen LogP contribution >= 0.6 is 11.6 Å². The Morgan fingerprint density at radius 2 is 1.64 bits per heavy atom. The molecule has 0 aliphatic rings. The number of urea groups is 1. The van der Waals surface area contributed by atoms with Gasteiger partial charge in [-0.2, -0.15) is 28.1 Å². The number of rotatable bonds is 10. The Balaban J connectivity index is 0.000000286. The van der Waals surface area contributed by atoms with E-state index >= 15 is 0 Å². The first-order valence-corrected chi connectivity index (χ1v) is 16.7. The lowest BCUT2D eigenvalue weighted by Crippen LogP contribution is -2.40. The van der Waals surface area contributed by atoms with E-state index in [9.17, 15) is 45.6 Å². The number of amides is 2. The molecule has 4 N–H and O–H groups in total. The highest BCUT2D eigenvalue weighted by atomic mass is 35.5. The number of benzene rings is 2. The largest absolute Gasteiger partial charge is 0.478 e. The maximum atomic E-state index is 12.9. The zero-order valence-electron chi connectivity index (χ0n) is 28.2. The lowest BCUT2D eigenvalue weighted by atomic mass is 10.2. The quantitative estimate of drug-likeness (QED) is 0.169. The summed E-state index contributed by atoms with van der Waals surface area (Å²) in [6, 6.07) is 7.51. The van der Waals surface area contributed by atoms with Gasteiger partial charge in [-0.25, -0.2) is 36.9 Å². The molecule has 0 atom stereocenters. The van der Waals surface area contributed by atoms with Gasteiger partial charge in [-0.3, -0.25) is 14.7 Å². The normalized spacial score (nSPS) is 11.2. The lowest BCUT2D eigenvalue weighted by molar-refractivity contribution is -0.144. The van der Waals surface area contributed by atoms with E-state index < -0.39 is 67.7 Å². The van der Waals surface area contributed by atoms with Gasteiger partial charge in [-0.15, -0.1) is 0 Å². The molecular formula is C30H30ClF3N8O10S. The van der Waals surface area contributed by atoms with Crippen molar-refractivity contribution in [3.05, 3.63) is 91.2 Å². The Kier molecular flexibility index (Phi) is 13.3. The summed E-state index contributed by atoms with van der Waals surface area (Å²) in [5, 5.41) is 13.9. The van der Waals surface area contributed by atoms with Crippen molar-refractivity contribution in [3.63, 3.8) is 0 Å². The molecule has 284 valence electrons. The summed E-state index contributed by atoms with van der Waals surface area (Å²) >= 11 is 5.94. The van der Waals surface area contributed by atoms with Gasteiger partial charge in [0.15, 0.2) is 0 Å². The fourth-order valence-corrected chi connectivity index (χ4v) is 5.42. The third-order valence-electron chi connectivity index (χ3n) is 6.35. The van der Waals surface area contributed by atoms with Crippen LogP contribution in [0.2, 0.25) is 5.02 Å². The van der Waals surface area contributed by atoms with Gasteiger partial charge in [0, 0.05) is 20.2 Å². The molecule has 0 saturated carbocycles. The summed E-state index contributed by atoms with van der Waals surface area (Å²) in [5.74, 6) is -2.42. The lowest BCUT2D eigenvalue weighted by Gasteiger charge is -2.15. The molecule has 18 nitrogen and oxygen atoms in total. The van der Waals surface area contributed by atoms with Crippen molar-refractivity contribution in [2.75, 3.05) is 24.3 Å². The minimum atomic E-state index is -4.86. The van der Waals surface area contributed by atoms with Crippen LogP contribution in [0.15, 0.2) is 63.0 Å². The van der Waals surface area contributed by atoms with Crippen molar-refractivity contribution in [1.29, 1.82) is 0 Å². The van der Waals surface area contributed by atoms with E-state index in [1.807, 2.05) is 0 Å². The number of carboxylic acids is 1. The Bertz CT molecular complexity index is 2260. The van der Waals surface area contributed by atoms with Gasteiger partial charge in [0.25, 0.3) is 15.6 Å². The van der Waals surface area contributed by atoms with E-state index in [0.29, 0.717) is 15.2 Å². The molecule has 2 aromatic carbocycles. The van der Waals surface area contributed by atoms with Crippen LogP contribution in [-0.4, -0.2) is 75.3 Å². The number of nitrogens with zero attached hydrogens (tertiary/aromatic N) is 5. The molecule has 0 spiro atoms. The number of halogens is 4. The summed E-state index contributed by atoms with van der Waals surface area (Å²) < 4.78 is 76.0. The number of ether oxygens (including phenoxy) is 2. The van der Waals surface area contributed by atoms with Gasteiger partial charge in [-0.05, 0) is 51.1 Å². The second-order valence-electron chi connectivity index (χ2n) is 10.5. The minimum Gasteiger partial charge on any atom is -0.478 e. The smallest absolute Gasteiger partial charge is 0.431 e. The number of nitrogens with one attached hydrogen (secondary N) is 3. The van der Waals surface area contributed by atoms with E-state index in [2.05, 4.69) is 25.6 Å². The van der Waals surface area contributed by atoms with E-state index in [1.54, 1.807) is 25.5 Å². The van der Waals surface area contributed by atoms with Crippen LogP contribution in [0.4, 0.5) is 29.9 Å². The Morgan fingerprint density at radius 1 is 1.00 bits per heavy atom. The van der Waals surface area contributed by atoms with Gasteiger partial charge >= 0.3 is 35.8 Å². The number of sulfonamides is 1. The highest BCUT2D eigenvalue weighted by Gasteiger charge is 2.35. The molecule has 2 heterocycles. The molecule has 23 heteroatoms. The van der Waals surface area contributed by atoms with Crippen LogP contribution in [0.3, 0.4) is 0 Å². The standard InChI is InChI=1S/C16H14ClF3N2O4.C14H16N6O6S/c1-8(2)26-14(24)10-6-9(4-5-11(10)17)22-13(23)7-12(16(18,19)20)21(3)15(22)25;1-3-26-14-18-11(15-2)16-12(19-14)17-13(23)20-27(24,25)9-7-5-4-6-8(9)10(21)22/h4-8H,1-3H3;4-7H,3H2,1-2H3,(H,21,22)(H3,15,16,17,18,19,20,23). The van der Waals surface area contributed by atoms with Crippen LogP contribution in [0, 0.1) is 0 Å². The zero-order valence-corrected chi connectivity index (χ0v) is 29.8. The van der Waals surface area contributed by atoms with Crippen LogP contribution in [-0.2, 0) is 28.0 Å². The number of aromatic carboxylic acids is 1. The highest BCUT2D eigenvalue weighted by Crippen LogP contribution is 2.27. The monoisotopic (exact) mass is 786 g/mol. The van der Waals surface area contributed by atoms with Gasteiger partial charge in [0.05, 0.1) is 34.5 Å². The van der Waals surface area contributed by atoms with Crippen LogP contribution in [0.1, 0.15) is 47.2 Å². The molecule has 0 radical (unpaired) electrons. The van der Waals surface area contributed by atoms with Gasteiger partial charge < -0.3 is 19.9 Å². The van der Waals surface area contributed by atoms with Crippen LogP contribution < -0.4 is 31.3 Å². The van der Waals surface area contributed by atoms with E-state index in [-0.39, 0.29) is 40.8 Å². The molecule has 4 aromatic rings. The Hall–Kier alpha value is -6.03. The number of esters is 1. The molecular weight excluding hydrogens is 757 g/mol. The van der Waals surface area contributed by atoms with Crippen molar-refractivity contribution >= 4 is 51.5 Å². The molecule has 0 aliphatic heterocycles. The Morgan fingerprint density at radius 3 is 2.23 bits per heavy atom. The van der Waals surface area contributed by atoms with E-state index in [4.69, 9.17) is 26.2 Å². The number of carbonyl (C=O) groups is 3. The van der Waals surface area contributed by atoms with Gasteiger partial charge in [0.2, 0.25) is 11.9 Å². The first kappa shape index (κ1) is 41.4. The average Bonchev–Trinajstić information content (AvgIpc) is 3.06. The maximum absolute atomic E-state index is 12.9. The summed E-state index contributed by atoms with van der Waals surface area (Å²) in [4.78, 5) is 70.6. The molecule has 0 unspecified atom stereocenters. The highest BCUT2D eigenvalue weighted by molar-refractivity contribution is 7.90. The van der Waals surface area contributed by atoms with Crippen molar-refractivity contribution in [3.8, 4) is 11.7 Å². The number of carbonyl (C=O) groups excluding carboxylic acids is 2. The molecule has 53 heavy (non-hydrogen) atoms. The molecule has 4 rings (SSSR count). The average molecular weight is 787 g/mol. The summed E-state index contributed by atoms with van der Waals surface area (Å²) in [7, 11) is -2.03. The van der Waals surface area contributed by atoms with Crippen molar-refractivity contribution < 1.29 is 50.6 Å². The Labute approximate surface area is 302 Å². The van der Waals surface area contributed by atoms with Gasteiger partial charge in [-0.1, -0.05) is 23.7 Å². The van der Waals surface area contributed by atoms with Crippen LogP contribution in [0.5, 0.6) is 6.01 Å². The molecule has 0 aliphatic carbocycles. The molecule has 0 bridgehead atoms. The fraction of sp³-hybridized carbons (Fsp3) is 0.267. The predicted octanol–water partition coefficient (Wildman–Crippen LogP) is 3.29. The third-order valence-corrected chi connectivity index (χ3v) is 8.07. The molecule has 0 fully saturated rings. The summed E-state index contributed by atoms with van der Waals surface area (Å²) in [5.41, 5.74) is -4.48. The van der Waals surface area contributed by atoms with E-state index in [1.165, 1.54) is 31.3 Å². The fourth-order valence-electron chi connectivity index (χ4n) is 4.12. The number of carboxylic acid groups (broad SMARTS) is 1. The predicted molar refractivity (Wildman–Crippen MR) is 181 cm³/mol. The molecule has 2 aromatic heterocycles. The van der Waals surface area contributed by atoms with Crippen molar-refractivity contribution in [2.45, 2.75) is 37.9 Å². The minimum absolute atomic E-state index is 0.0104. The summed E-state index contributed by atoms with van der Waals surface area (Å²) in [6.07, 6.45) is -5.30. The van der Waals surface area contributed by atoms with Gasteiger partial charge in [0.1, 0.15) is 10.6 Å². The van der Waals surface area contributed by atoms with Crippen molar-refractivity contribution in [2.24, 2.45) is 7.05 Å².